The van der Waals surface area contributed by atoms with Crippen LogP contribution in [0.15, 0.2) is 22.8 Å². The molecule has 0 fully saturated rings. The van der Waals surface area contributed by atoms with Crippen LogP contribution in [-0.2, 0) is 11.2 Å². The zero-order valence-corrected chi connectivity index (χ0v) is 8.45. The largest absolute Gasteiger partial charge is 0.469 e. The molecule has 0 aliphatic rings. The van der Waals surface area contributed by atoms with Gasteiger partial charge in [-0.15, -0.1) is 0 Å². The zero-order valence-electron chi connectivity index (χ0n) is 8.45. The summed E-state index contributed by atoms with van der Waals surface area (Å²) in [6, 6.07) is 3.94. The minimum absolute atomic E-state index is 0.540. The van der Waals surface area contributed by atoms with E-state index in [1.807, 2.05) is 12.1 Å². The minimum atomic E-state index is 0.540. The summed E-state index contributed by atoms with van der Waals surface area (Å²) in [7, 11) is 0. The Balaban J connectivity index is 2.14. The highest BCUT2D eigenvalue weighted by atomic mass is 16.5. The van der Waals surface area contributed by atoms with Crippen LogP contribution >= 0.6 is 0 Å². The van der Waals surface area contributed by atoms with E-state index < -0.39 is 0 Å². The Morgan fingerprint density at radius 2 is 2.38 bits per heavy atom. The van der Waals surface area contributed by atoms with Gasteiger partial charge in [0.05, 0.1) is 6.26 Å². The summed E-state index contributed by atoms with van der Waals surface area (Å²) < 4.78 is 10.7. The maximum atomic E-state index is 5.45. The first-order chi connectivity index (χ1) is 6.33. The Labute approximate surface area is 79.9 Å². The summed E-state index contributed by atoms with van der Waals surface area (Å²) in [4.78, 5) is 0. The molecular weight excluding hydrogens is 164 g/mol. The van der Waals surface area contributed by atoms with Gasteiger partial charge in [-0.2, -0.15) is 0 Å². The summed E-state index contributed by atoms with van der Waals surface area (Å²) in [6.45, 7) is 5.99. The summed E-state index contributed by atoms with van der Waals surface area (Å²) in [5.41, 5.74) is 0. The quantitative estimate of drug-likeness (QED) is 0.631. The van der Waals surface area contributed by atoms with Crippen molar-refractivity contribution in [3.8, 4) is 0 Å². The first-order valence-electron chi connectivity index (χ1n) is 4.93. The van der Waals surface area contributed by atoms with Crippen molar-refractivity contribution in [1.29, 1.82) is 0 Å². The van der Waals surface area contributed by atoms with E-state index in [4.69, 9.17) is 9.15 Å². The van der Waals surface area contributed by atoms with Crippen molar-refractivity contribution >= 4 is 0 Å². The zero-order chi connectivity index (χ0) is 9.52. The van der Waals surface area contributed by atoms with Crippen LogP contribution < -0.4 is 0 Å². The lowest BCUT2D eigenvalue weighted by Crippen LogP contribution is -2.08. The Morgan fingerprint density at radius 3 is 3.00 bits per heavy atom. The fourth-order valence-corrected chi connectivity index (χ4v) is 1.26. The molecule has 1 aromatic rings. The smallest absolute Gasteiger partial charge is 0.104 e. The van der Waals surface area contributed by atoms with Gasteiger partial charge < -0.3 is 9.15 Å². The second-order valence-corrected chi connectivity index (χ2v) is 3.46. The topological polar surface area (TPSA) is 22.4 Å². The molecule has 1 atom stereocenters. The van der Waals surface area contributed by atoms with Crippen molar-refractivity contribution in [3.63, 3.8) is 0 Å². The van der Waals surface area contributed by atoms with Gasteiger partial charge in [0.15, 0.2) is 0 Å². The number of ether oxygens (including phenoxy) is 1. The van der Waals surface area contributed by atoms with Gasteiger partial charge in [0, 0.05) is 19.6 Å². The van der Waals surface area contributed by atoms with Crippen molar-refractivity contribution < 1.29 is 9.15 Å². The molecule has 0 aliphatic heterocycles. The lowest BCUT2D eigenvalue weighted by Gasteiger charge is -2.09. The molecule has 0 saturated heterocycles. The predicted molar refractivity (Wildman–Crippen MR) is 52.7 cm³/mol. The third-order valence-electron chi connectivity index (χ3n) is 1.88. The van der Waals surface area contributed by atoms with Gasteiger partial charge in [-0.1, -0.05) is 13.8 Å². The number of rotatable bonds is 6. The third kappa shape index (κ3) is 4.13. The lowest BCUT2D eigenvalue weighted by atomic mass is 10.1. The molecule has 1 rings (SSSR count). The normalized spacial score (nSPS) is 13.1. The van der Waals surface area contributed by atoms with E-state index in [-0.39, 0.29) is 0 Å². The summed E-state index contributed by atoms with van der Waals surface area (Å²) >= 11 is 0. The highest BCUT2D eigenvalue weighted by Crippen LogP contribution is 2.09. The van der Waals surface area contributed by atoms with Gasteiger partial charge >= 0.3 is 0 Å². The molecule has 13 heavy (non-hydrogen) atoms. The third-order valence-corrected chi connectivity index (χ3v) is 1.88. The molecule has 0 aliphatic carbocycles. The molecule has 2 nitrogen and oxygen atoms in total. The molecule has 74 valence electrons. The minimum Gasteiger partial charge on any atom is -0.469 e. The molecule has 1 heterocycles. The molecule has 0 radical (unpaired) electrons. The van der Waals surface area contributed by atoms with Crippen molar-refractivity contribution in [1.82, 2.24) is 0 Å². The summed E-state index contributed by atoms with van der Waals surface area (Å²) in [6.07, 6.45) is 3.78. The van der Waals surface area contributed by atoms with Crippen LogP contribution in [0.5, 0.6) is 0 Å². The van der Waals surface area contributed by atoms with Crippen LogP contribution in [0.1, 0.15) is 26.0 Å². The molecule has 2 heteroatoms. The molecule has 0 N–H and O–H groups in total. The summed E-state index contributed by atoms with van der Waals surface area (Å²) in [5, 5.41) is 0. The highest BCUT2D eigenvalue weighted by Gasteiger charge is 2.05. The van der Waals surface area contributed by atoms with Crippen LogP contribution in [0.25, 0.3) is 0 Å². The molecule has 0 aromatic carbocycles. The van der Waals surface area contributed by atoms with Crippen LogP contribution in [0.2, 0.25) is 0 Å². The summed E-state index contributed by atoms with van der Waals surface area (Å²) in [5.74, 6) is 1.59. The second-order valence-electron chi connectivity index (χ2n) is 3.46. The van der Waals surface area contributed by atoms with Crippen LogP contribution in [0.4, 0.5) is 0 Å². The highest BCUT2D eigenvalue weighted by molar-refractivity contribution is 4.98. The number of furan rings is 1. The van der Waals surface area contributed by atoms with Gasteiger partial charge in [0.1, 0.15) is 5.76 Å². The van der Waals surface area contributed by atoms with E-state index in [2.05, 4.69) is 13.8 Å². The Kier molecular flexibility index (Phi) is 4.61. The SMILES string of the molecule is CCCOCC(C)Cc1ccco1. The maximum absolute atomic E-state index is 5.45. The van der Waals surface area contributed by atoms with Gasteiger partial charge in [0.25, 0.3) is 0 Å². The standard InChI is InChI=1S/C11H18O2/c1-3-6-12-9-10(2)8-11-5-4-7-13-11/h4-5,7,10H,3,6,8-9H2,1-2H3. The molecule has 1 aromatic heterocycles. The molecule has 1 unspecified atom stereocenters. The van der Waals surface area contributed by atoms with Gasteiger partial charge in [0.2, 0.25) is 0 Å². The van der Waals surface area contributed by atoms with E-state index in [0.717, 1.165) is 31.8 Å². The molecule has 0 bridgehead atoms. The van der Waals surface area contributed by atoms with Crippen LogP contribution in [-0.4, -0.2) is 13.2 Å². The van der Waals surface area contributed by atoms with Crippen LogP contribution in [0.3, 0.4) is 0 Å². The maximum Gasteiger partial charge on any atom is 0.104 e. The Morgan fingerprint density at radius 1 is 1.54 bits per heavy atom. The van der Waals surface area contributed by atoms with Crippen molar-refractivity contribution in [2.45, 2.75) is 26.7 Å². The lowest BCUT2D eigenvalue weighted by molar-refractivity contribution is 0.103. The molecule has 0 amide bonds. The van der Waals surface area contributed by atoms with E-state index in [1.54, 1.807) is 6.26 Å². The van der Waals surface area contributed by atoms with E-state index in [1.165, 1.54) is 0 Å². The molecule has 0 saturated carbocycles. The molecular formula is C11H18O2. The molecule has 0 spiro atoms. The number of hydrogen-bond donors (Lipinski definition) is 0. The fourth-order valence-electron chi connectivity index (χ4n) is 1.26. The first-order valence-corrected chi connectivity index (χ1v) is 4.93. The Hall–Kier alpha value is -0.760. The van der Waals surface area contributed by atoms with Crippen molar-refractivity contribution in [3.05, 3.63) is 24.2 Å². The van der Waals surface area contributed by atoms with E-state index in [0.29, 0.717) is 5.92 Å². The van der Waals surface area contributed by atoms with Gasteiger partial charge in [-0.25, -0.2) is 0 Å². The Bertz CT molecular complexity index is 204. The number of hydrogen-bond acceptors (Lipinski definition) is 2. The first kappa shape index (κ1) is 10.3. The van der Waals surface area contributed by atoms with Crippen molar-refractivity contribution in [2.75, 3.05) is 13.2 Å². The second kappa shape index (κ2) is 5.81. The predicted octanol–water partition coefficient (Wildman–Crippen LogP) is 2.88. The van der Waals surface area contributed by atoms with Gasteiger partial charge in [-0.05, 0) is 24.5 Å². The van der Waals surface area contributed by atoms with Crippen LogP contribution in [0, 0.1) is 5.92 Å². The fraction of sp³-hybridized carbons (Fsp3) is 0.636. The van der Waals surface area contributed by atoms with E-state index >= 15 is 0 Å². The average molecular weight is 182 g/mol. The van der Waals surface area contributed by atoms with Gasteiger partial charge in [-0.3, -0.25) is 0 Å². The van der Waals surface area contributed by atoms with E-state index in [9.17, 15) is 0 Å². The monoisotopic (exact) mass is 182 g/mol. The average Bonchev–Trinajstić information content (AvgIpc) is 2.57. The van der Waals surface area contributed by atoms with Crippen molar-refractivity contribution in [2.24, 2.45) is 5.92 Å².